The van der Waals surface area contributed by atoms with Gasteiger partial charge in [0.2, 0.25) is 17.8 Å². The van der Waals surface area contributed by atoms with Crippen LogP contribution in [0.1, 0.15) is 38.1 Å². The Morgan fingerprint density at radius 2 is 1.69 bits per heavy atom. The lowest BCUT2D eigenvalue weighted by Crippen LogP contribution is -2.45. The van der Waals surface area contributed by atoms with Crippen LogP contribution in [0.3, 0.4) is 0 Å². The minimum absolute atomic E-state index is 0.0224. The van der Waals surface area contributed by atoms with E-state index >= 15 is 0 Å². The molecule has 0 bridgehead atoms. The summed E-state index contributed by atoms with van der Waals surface area (Å²) in [6, 6.07) is 1.18. The number of ether oxygens (including phenoxy) is 2. The smallest absolute Gasteiger partial charge is 0.225 e. The maximum Gasteiger partial charge on any atom is 0.225 e. The number of fused-ring (bicyclic) bond motifs is 1. The van der Waals surface area contributed by atoms with Crippen molar-refractivity contribution < 1.29 is 27.4 Å². The fourth-order valence-corrected chi connectivity index (χ4v) is 5.60. The number of imidazole rings is 1. The van der Waals surface area contributed by atoms with Gasteiger partial charge in [-0.1, -0.05) is 0 Å². The number of hydrogen-bond donors (Lipinski definition) is 2. The lowest BCUT2D eigenvalue weighted by molar-refractivity contribution is -0.140. The highest BCUT2D eigenvalue weighted by atomic mass is 19.1. The van der Waals surface area contributed by atoms with E-state index in [1.54, 1.807) is 10.8 Å². The van der Waals surface area contributed by atoms with Crippen LogP contribution >= 0.6 is 0 Å². The number of benzene rings is 1. The molecule has 3 aliphatic rings. The summed E-state index contributed by atoms with van der Waals surface area (Å²) in [5.74, 6) is -2.32. The molecule has 39 heavy (non-hydrogen) atoms. The molecule has 3 aromatic rings. The van der Waals surface area contributed by atoms with E-state index in [0.29, 0.717) is 75.2 Å². The first-order valence-electron chi connectivity index (χ1n) is 13.3. The van der Waals surface area contributed by atoms with E-state index < -0.39 is 23.1 Å². The molecule has 3 fully saturated rings. The van der Waals surface area contributed by atoms with Gasteiger partial charge in [0.1, 0.15) is 17.0 Å². The molecule has 1 aliphatic carbocycles. The second kappa shape index (κ2) is 11.0. The van der Waals surface area contributed by atoms with Crippen LogP contribution in [0, 0.1) is 23.4 Å². The molecule has 2 N–H and O–H groups in total. The van der Waals surface area contributed by atoms with Gasteiger partial charge in [0.25, 0.3) is 0 Å². The van der Waals surface area contributed by atoms with Gasteiger partial charge in [-0.2, -0.15) is 4.98 Å². The largest absolute Gasteiger partial charge is 0.379 e. The second-order valence-corrected chi connectivity index (χ2v) is 10.2. The van der Waals surface area contributed by atoms with Crippen LogP contribution in [-0.4, -0.2) is 75.9 Å². The van der Waals surface area contributed by atoms with Crippen molar-refractivity contribution in [1.29, 1.82) is 0 Å². The van der Waals surface area contributed by atoms with E-state index in [2.05, 4.69) is 20.6 Å². The third-order valence-corrected chi connectivity index (χ3v) is 7.68. The zero-order valence-corrected chi connectivity index (χ0v) is 21.3. The molecule has 1 unspecified atom stereocenters. The zero-order valence-electron chi connectivity index (χ0n) is 21.3. The fraction of sp³-hybridized carbons (Fsp3) is 0.538. The van der Waals surface area contributed by atoms with Gasteiger partial charge in [-0.3, -0.25) is 9.36 Å². The highest BCUT2D eigenvalue weighted by molar-refractivity contribution is 5.79. The Bertz CT molecular complexity index is 1330. The average molecular weight is 546 g/mol. The summed E-state index contributed by atoms with van der Waals surface area (Å²) >= 11 is 0. The van der Waals surface area contributed by atoms with Crippen LogP contribution in [0.15, 0.2) is 18.3 Å². The number of hydrogen-bond acceptors (Lipinski definition) is 8. The number of amides is 1. The molecule has 208 valence electrons. The number of nitrogens with zero attached hydrogens (tertiary/aromatic N) is 5. The van der Waals surface area contributed by atoms with Gasteiger partial charge in [-0.05, 0) is 32.1 Å². The molecule has 4 heterocycles. The molecule has 1 amide bonds. The SMILES string of the molecule is O=C(C1CCC(Nc2ncc3nc(Nc4c(F)cc(F)cc4F)n(C4CCOC4)c3n2)CC1)N1CCOCC1. The Balaban J connectivity index is 1.20. The molecule has 13 heteroatoms. The van der Waals surface area contributed by atoms with Gasteiger partial charge in [0.05, 0.1) is 32.1 Å². The van der Waals surface area contributed by atoms with Crippen LogP contribution in [0.4, 0.5) is 30.8 Å². The van der Waals surface area contributed by atoms with Crippen molar-refractivity contribution in [2.45, 2.75) is 44.2 Å². The molecule has 1 atom stereocenters. The quantitative estimate of drug-likeness (QED) is 0.482. The molecule has 2 saturated heterocycles. The third kappa shape index (κ3) is 5.37. The number of aromatic nitrogens is 4. The minimum atomic E-state index is -1.06. The van der Waals surface area contributed by atoms with Crippen molar-refractivity contribution in [3.8, 4) is 0 Å². The molecular formula is C26H30F3N7O3. The second-order valence-electron chi connectivity index (χ2n) is 10.2. The summed E-state index contributed by atoms with van der Waals surface area (Å²) in [7, 11) is 0. The van der Waals surface area contributed by atoms with E-state index in [4.69, 9.17) is 14.5 Å². The van der Waals surface area contributed by atoms with E-state index in [9.17, 15) is 18.0 Å². The van der Waals surface area contributed by atoms with Crippen molar-refractivity contribution >= 4 is 34.7 Å². The Morgan fingerprint density at radius 3 is 2.38 bits per heavy atom. The molecule has 6 rings (SSSR count). The zero-order chi connectivity index (χ0) is 26.9. The van der Waals surface area contributed by atoms with E-state index in [0.717, 1.165) is 25.7 Å². The molecule has 1 saturated carbocycles. The number of nitrogens with one attached hydrogen (secondary N) is 2. The van der Waals surface area contributed by atoms with Gasteiger partial charge < -0.3 is 25.0 Å². The Morgan fingerprint density at radius 1 is 0.949 bits per heavy atom. The number of carbonyl (C=O) groups excluding carboxylic acids is 1. The van der Waals surface area contributed by atoms with E-state index in [1.165, 1.54) is 0 Å². The van der Waals surface area contributed by atoms with Crippen LogP contribution in [-0.2, 0) is 14.3 Å². The summed E-state index contributed by atoms with van der Waals surface area (Å²) in [6.07, 6.45) is 5.43. The van der Waals surface area contributed by atoms with Gasteiger partial charge in [-0.15, -0.1) is 0 Å². The van der Waals surface area contributed by atoms with Crippen LogP contribution < -0.4 is 10.6 Å². The van der Waals surface area contributed by atoms with Crippen molar-refractivity contribution in [3.05, 3.63) is 35.8 Å². The third-order valence-electron chi connectivity index (χ3n) is 7.68. The lowest BCUT2D eigenvalue weighted by Gasteiger charge is -2.34. The Labute approximate surface area is 222 Å². The molecule has 1 aromatic carbocycles. The molecule has 2 aromatic heterocycles. The predicted octanol–water partition coefficient (Wildman–Crippen LogP) is 3.78. The first kappa shape index (κ1) is 25.8. The average Bonchev–Trinajstić information content (AvgIpc) is 3.58. The molecule has 10 nitrogen and oxygen atoms in total. The summed E-state index contributed by atoms with van der Waals surface area (Å²) < 4.78 is 54.9. The summed E-state index contributed by atoms with van der Waals surface area (Å²) in [5, 5.41) is 6.09. The van der Waals surface area contributed by atoms with Crippen molar-refractivity contribution in [1.82, 2.24) is 24.4 Å². The fourth-order valence-electron chi connectivity index (χ4n) is 5.60. The van der Waals surface area contributed by atoms with Gasteiger partial charge in [0.15, 0.2) is 17.3 Å². The summed E-state index contributed by atoms with van der Waals surface area (Å²) in [4.78, 5) is 28.4. The predicted molar refractivity (Wildman–Crippen MR) is 136 cm³/mol. The number of anilines is 3. The number of rotatable bonds is 6. The Kier molecular flexibility index (Phi) is 7.26. The molecular weight excluding hydrogens is 515 g/mol. The van der Waals surface area contributed by atoms with Crippen LogP contribution in [0.25, 0.3) is 11.2 Å². The van der Waals surface area contributed by atoms with Crippen LogP contribution in [0.2, 0.25) is 0 Å². The minimum Gasteiger partial charge on any atom is -0.379 e. The Hall–Kier alpha value is -3.45. The van der Waals surface area contributed by atoms with Gasteiger partial charge in [-0.25, -0.2) is 23.1 Å². The molecule has 0 radical (unpaired) electrons. The number of carbonyl (C=O) groups is 1. The van der Waals surface area contributed by atoms with Crippen LogP contribution in [0.5, 0.6) is 0 Å². The van der Waals surface area contributed by atoms with Crippen molar-refractivity contribution in [2.75, 3.05) is 50.2 Å². The molecule has 0 spiro atoms. The summed E-state index contributed by atoms with van der Waals surface area (Å²) in [5.41, 5.74) is 0.434. The number of halogens is 3. The molecule has 2 aliphatic heterocycles. The van der Waals surface area contributed by atoms with Crippen molar-refractivity contribution in [2.24, 2.45) is 5.92 Å². The van der Waals surface area contributed by atoms with E-state index in [-0.39, 0.29) is 29.9 Å². The highest BCUT2D eigenvalue weighted by Gasteiger charge is 2.31. The highest BCUT2D eigenvalue weighted by Crippen LogP contribution is 2.33. The monoisotopic (exact) mass is 545 g/mol. The lowest BCUT2D eigenvalue weighted by atomic mass is 9.85. The topological polar surface area (TPSA) is 106 Å². The first-order valence-corrected chi connectivity index (χ1v) is 13.3. The first-order chi connectivity index (χ1) is 19.0. The normalized spacial score (nSPS) is 23.8. The van der Waals surface area contributed by atoms with Gasteiger partial charge in [0, 0.05) is 43.8 Å². The number of morpholine rings is 1. The van der Waals surface area contributed by atoms with Crippen molar-refractivity contribution in [3.63, 3.8) is 0 Å². The maximum absolute atomic E-state index is 14.4. The van der Waals surface area contributed by atoms with Gasteiger partial charge >= 0.3 is 0 Å². The van der Waals surface area contributed by atoms with E-state index in [1.807, 2.05) is 4.90 Å². The maximum atomic E-state index is 14.4. The summed E-state index contributed by atoms with van der Waals surface area (Å²) in [6.45, 7) is 3.42. The standard InChI is InChI=1S/C26H30F3N7O3/c27-16-11-19(28)22(20(29)12-16)33-26-32-21-13-30-25(34-23(21)36(26)18-5-8-39-14-18)31-17-3-1-15(2-4-17)24(37)35-6-9-38-10-7-35/h11-13,15,17-18H,1-10,14H2,(H,32,33)(H,30,31,34).